The van der Waals surface area contributed by atoms with Crippen LogP contribution < -0.4 is 0 Å². The Morgan fingerprint density at radius 3 is 2.60 bits per heavy atom. The molecule has 1 saturated carbocycles. The monoisotopic (exact) mass is 294 g/mol. The molecule has 2 heterocycles. The molecule has 1 amide bonds. The lowest BCUT2D eigenvalue weighted by atomic mass is 9.85. The Labute approximate surface area is 124 Å². The summed E-state index contributed by atoms with van der Waals surface area (Å²) in [6.45, 7) is 1.84. The van der Waals surface area contributed by atoms with Crippen LogP contribution in [-0.4, -0.2) is 44.4 Å². The van der Waals surface area contributed by atoms with Gasteiger partial charge in [-0.05, 0) is 32.1 Å². The Hall–Kier alpha value is -1.04. The summed E-state index contributed by atoms with van der Waals surface area (Å²) < 4.78 is 2.07. The molecule has 20 heavy (non-hydrogen) atoms. The van der Waals surface area contributed by atoms with Gasteiger partial charge in [-0.1, -0.05) is 18.2 Å². The van der Waals surface area contributed by atoms with Gasteiger partial charge in [0.2, 0.25) is 5.91 Å². The van der Waals surface area contributed by atoms with E-state index in [4.69, 9.17) is 0 Å². The molecular formula is C14H22N4OS. The van der Waals surface area contributed by atoms with E-state index >= 15 is 0 Å². The minimum absolute atomic E-state index is 0.239. The predicted molar refractivity (Wildman–Crippen MR) is 78.8 cm³/mol. The second kappa shape index (κ2) is 6.16. The van der Waals surface area contributed by atoms with Crippen molar-refractivity contribution in [2.45, 2.75) is 49.6 Å². The maximum absolute atomic E-state index is 12.1. The van der Waals surface area contributed by atoms with Gasteiger partial charge in [0.25, 0.3) is 0 Å². The summed E-state index contributed by atoms with van der Waals surface area (Å²) >= 11 is 1.52. The van der Waals surface area contributed by atoms with E-state index in [1.165, 1.54) is 37.4 Å². The van der Waals surface area contributed by atoms with E-state index in [0.717, 1.165) is 36.9 Å². The molecule has 5 nitrogen and oxygen atoms in total. The number of carbonyl (C=O) groups excluding carboxylic acids is 1. The van der Waals surface area contributed by atoms with Gasteiger partial charge in [0.15, 0.2) is 5.16 Å². The van der Waals surface area contributed by atoms with Gasteiger partial charge in [0, 0.05) is 26.1 Å². The summed E-state index contributed by atoms with van der Waals surface area (Å²) in [7, 11) is 2.02. The van der Waals surface area contributed by atoms with Crippen molar-refractivity contribution in [1.82, 2.24) is 19.7 Å². The molecule has 0 radical (unpaired) electrons. The molecule has 1 aliphatic heterocycles. The van der Waals surface area contributed by atoms with Crippen molar-refractivity contribution in [3.8, 4) is 0 Å². The Bertz CT molecular complexity index is 478. The SMILES string of the molecule is Cn1c(SCC(=O)N2CCCCC2)nnc1C1CCC1. The lowest BCUT2D eigenvalue weighted by molar-refractivity contribution is -0.129. The minimum atomic E-state index is 0.239. The van der Waals surface area contributed by atoms with Gasteiger partial charge in [-0.2, -0.15) is 0 Å². The first-order chi connectivity index (χ1) is 9.75. The first-order valence-corrected chi connectivity index (χ1v) is 8.54. The van der Waals surface area contributed by atoms with E-state index in [9.17, 15) is 4.79 Å². The van der Waals surface area contributed by atoms with Gasteiger partial charge in [-0.3, -0.25) is 4.79 Å². The summed E-state index contributed by atoms with van der Waals surface area (Å²) in [5.41, 5.74) is 0. The highest BCUT2D eigenvalue weighted by atomic mass is 32.2. The molecule has 0 aromatic carbocycles. The minimum Gasteiger partial charge on any atom is -0.342 e. The molecule has 0 unspecified atom stereocenters. The average Bonchev–Trinajstić information content (AvgIpc) is 2.77. The van der Waals surface area contributed by atoms with Gasteiger partial charge in [0.1, 0.15) is 5.82 Å². The number of thioether (sulfide) groups is 1. The van der Waals surface area contributed by atoms with Gasteiger partial charge < -0.3 is 9.47 Å². The van der Waals surface area contributed by atoms with Crippen molar-refractivity contribution in [3.63, 3.8) is 0 Å². The Morgan fingerprint density at radius 1 is 1.20 bits per heavy atom. The molecule has 0 spiro atoms. The maximum atomic E-state index is 12.1. The maximum Gasteiger partial charge on any atom is 0.233 e. The second-order valence-corrected chi connectivity index (χ2v) is 6.70. The van der Waals surface area contributed by atoms with Crippen LogP contribution in [0.5, 0.6) is 0 Å². The lowest BCUT2D eigenvalue weighted by Gasteiger charge is -2.26. The van der Waals surface area contributed by atoms with Gasteiger partial charge in [-0.25, -0.2) is 0 Å². The summed E-state index contributed by atoms with van der Waals surface area (Å²) in [5, 5.41) is 9.41. The van der Waals surface area contributed by atoms with Crippen LogP contribution >= 0.6 is 11.8 Å². The predicted octanol–water partition coefficient (Wildman–Crippen LogP) is 2.19. The molecule has 2 aliphatic rings. The normalized spacial score (nSPS) is 19.9. The molecule has 0 atom stereocenters. The Kier molecular flexibility index (Phi) is 4.29. The molecule has 0 bridgehead atoms. The quantitative estimate of drug-likeness (QED) is 0.799. The molecule has 1 aromatic heterocycles. The van der Waals surface area contributed by atoms with Crippen molar-refractivity contribution in [1.29, 1.82) is 0 Å². The van der Waals surface area contributed by atoms with Gasteiger partial charge in [0.05, 0.1) is 5.75 Å². The number of hydrogen-bond donors (Lipinski definition) is 0. The average molecular weight is 294 g/mol. The van der Waals surface area contributed by atoms with Crippen molar-refractivity contribution in [2.75, 3.05) is 18.8 Å². The molecule has 2 fully saturated rings. The van der Waals surface area contributed by atoms with Crippen LogP contribution in [0.25, 0.3) is 0 Å². The zero-order chi connectivity index (χ0) is 13.9. The Morgan fingerprint density at radius 2 is 1.95 bits per heavy atom. The third-order valence-electron chi connectivity index (χ3n) is 4.37. The van der Waals surface area contributed by atoms with E-state index < -0.39 is 0 Å². The molecule has 1 aliphatic carbocycles. The highest BCUT2D eigenvalue weighted by Crippen LogP contribution is 2.36. The topological polar surface area (TPSA) is 51.0 Å². The largest absolute Gasteiger partial charge is 0.342 e. The zero-order valence-electron chi connectivity index (χ0n) is 12.0. The van der Waals surface area contributed by atoms with Crippen LogP contribution in [0.1, 0.15) is 50.3 Å². The van der Waals surface area contributed by atoms with Crippen molar-refractivity contribution >= 4 is 17.7 Å². The number of nitrogens with zero attached hydrogens (tertiary/aromatic N) is 4. The lowest BCUT2D eigenvalue weighted by Crippen LogP contribution is -2.36. The highest BCUT2D eigenvalue weighted by molar-refractivity contribution is 7.99. The highest BCUT2D eigenvalue weighted by Gasteiger charge is 2.25. The van der Waals surface area contributed by atoms with Crippen LogP contribution in [0.15, 0.2) is 5.16 Å². The fourth-order valence-electron chi connectivity index (χ4n) is 2.83. The van der Waals surface area contributed by atoms with Crippen LogP contribution in [0.3, 0.4) is 0 Å². The third kappa shape index (κ3) is 2.85. The van der Waals surface area contributed by atoms with Crippen LogP contribution in [-0.2, 0) is 11.8 Å². The van der Waals surface area contributed by atoms with Crippen molar-refractivity contribution in [3.05, 3.63) is 5.82 Å². The fraction of sp³-hybridized carbons (Fsp3) is 0.786. The van der Waals surface area contributed by atoms with Crippen LogP contribution in [0.4, 0.5) is 0 Å². The summed E-state index contributed by atoms with van der Waals surface area (Å²) in [4.78, 5) is 14.1. The zero-order valence-corrected chi connectivity index (χ0v) is 12.9. The van der Waals surface area contributed by atoms with Crippen molar-refractivity contribution in [2.24, 2.45) is 7.05 Å². The van der Waals surface area contributed by atoms with E-state index in [1.54, 1.807) is 0 Å². The third-order valence-corrected chi connectivity index (χ3v) is 5.38. The first-order valence-electron chi connectivity index (χ1n) is 7.55. The van der Waals surface area contributed by atoms with Crippen molar-refractivity contribution < 1.29 is 4.79 Å². The Balaban J connectivity index is 1.55. The molecule has 3 rings (SSSR count). The number of aromatic nitrogens is 3. The molecule has 110 valence electrons. The number of piperidine rings is 1. The van der Waals surface area contributed by atoms with Gasteiger partial charge >= 0.3 is 0 Å². The molecule has 1 aromatic rings. The number of hydrogen-bond acceptors (Lipinski definition) is 4. The smallest absolute Gasteiger partial charge is 0.233 e. The van der Waals surface area contributed by atoms with Crippen LogP contribution in [0, 0.1) is 0 Å². The van der Waals surface area contributed by atoms with Gasteiger partial charge in [-0.15, -0.1) is 10.2 Å². The number of amides is 1. The number of rotatable bonds is 4. The van der Waals surface area contributed by atoms with E-state index in [1.807, 2.05) is 11.9 Å². The standard InChI is InChI=1S/C14H22N4OS/c1-17-13(11-6-5-7-11)15-16-14(17)20-10-12(19)18-8-3-2-4-9-18/h11H,2-10H2,1H3. The van der Waals surface area contributed by atoms with E-state index in [0.29, 0.717) is 11.7 Å². The summed E-state index contributed by atoms with van der Waals surface area (Å²) in [6.07, 6.45) is 7.30. The molecular weight excluding hydrogens is 272 g/mol. The molecule has 1 saturated heterocycles. The number of carbonyl (C=O) groups is 1. The first kappa shape index (κ1) is 13.9. The van der Waals surface area contributed by atoms with Crippen LogP contribution in [0.2, 0.25) is 0 Å². The summed E-state index contributed by atoms with van der Waals surface area (Å²) in [6, 6.07) is 0. The second-order valence-electron chi connectivity index (χ2n) is 5.76. The summed E-state index contributed by atoms with van der Waals surface area (Å²) in [5.74, 6) is 2.39. The van der Waals surface area contributed by atoms with E-state index in [-0.39, 0.29) is 5.91 Å². The molecule has 6 heteroatoms. The molecule has 0 N–H and O–H groups in total. The number of likely N-dealkylation sites (tertiary alicyclic amines) is 1. The van der Waals surface area contributed by atoms with E-state index in [2.05, 4.69) is 14.8 Å². The fourth-order valence-corrected chi connectivity index (χ4v) is 3.66.